The topological polar surface area (TPSA) is 37.4 Å². The summed E-state index contributed by atoms with van der Waals surface area (Å²) < 4.78 is 0. The van der Waals surface area contributed by atoms with Crippen LogP contribution in [-0.4, -0.2) is 23.8 Å². The van der Waals surface area contributed by atoms with E-state index in [0.29, 0.717) is 5.92 Å². The minimum atomic E-state index is -0.241. The maximum Gasteiger partial charge on any atom is 0.253 e. The molecule has 1 aliphatic rings. The summed E-state index contributed by atoms with van der Waals surface area (Å²) in [7, 11) is 1.45. The van der Waals surface area contributed by atoms with Crippen LogP contribution < -0.4 is 0 Å². The Kier molecular flexibility index (Phi) is 5.31. The summed E-state index contributed by atoms with van der Waals surface area (Å²) in [5.41, 5.74) is 1.45. The number of amides is 2. The van der Waals surface area contributed by atoms with E-state index < -0.39 is 0 Å². The number of hydrogen-bond acceptors (Lipinski definition) is 2. The van der Waals surface area contributed by atoms with Crippen LogP contribution in [0.2, 0.25) is 0 Å². The molecule has 0 saturated carbocycles. The van der Waals surface area contributed by atoms with Crippen LogP contribution in [0.25, 0.3) is 0 Å². The summed E-state index contributed by atoms with van der Waals surface area (Å²) in [6.45, 7) is 4.48. The molecule has 0 aliphatic carbocycles. The van der Waals surface area contributed by atoms with Crippen molar-refractivity contribution in [2.24, 2.45) is 0 Å². The van der Waals surface area contributed by atoms with Crippen molar-refractivity contribution in [3.8, 4) is 0 Å². The normalized spacial score (nSPS) is 15.4. The Bertz CT molecular complexity index is 419. The molecule has 96 valence electrons. The Morgan fingerprint density at radius 2 is 1.56 bits per heavy atom. The predicted octanol–water partition coefficient (Wildman–Crippen LogP) is 2.74. The van der Waals surface area contributed by atoms with Crippen LogP contribution >= 0.6 is 0 Å². The number of nitrogens with zero attached hydrogens (tertiary/aromatic N) is 1. The molecule has 0 N–H and O–H groups in total. The first-order valence-electron chi connectivity index (χ1n) is 6.11. The van der Waals surface area contributed by atoms with Gasteiger partial charge in [0.2, 0.25) is 0 Å². The minimum absolute atomic E-state index is 0.241. The van der Waals surface area contributed by atoms with Gasteiger partial charge in [-0.25, -0.2) is 0 Å². The van der Waals surface area contributed by atoms with Crippen LogP contribution in [-0.2, 0) is 9.59 Å². The number of rotatable bonds is 2. The van der Waals surface area contributed by atoms with E-state index >= 15 is 0 Å². The van der Waals surface area contributed by atoms with Gasteiger partial charge in [0.1, 0.15) is 0 Å². The molecular weight excluding hydrogens is 226 g/mol. The van der Waals surface area contributed by atoms with Crippen LogP contribution in [0.1, 0.15) is 31.7 Å². The van der Waals surface area contributed by atoms with Crippen molar-refractivity contribution in [3.63, 3.8) is 0 Å². The Labute approximate surface area is 108 Å². The number of carbonyl (C=O) groups is 2. The first-order chi connectivity index (χ1) is 8.56. The zero-order valence-electron chi connectivity index (χ0n) is 11.1. The highest BCUT2D eigenvalue weighted by Crippen LogP contribution is 2.16. The molecule has 3 nitrogen and oxygen atoms in total. The average molecular weight is 245 g/mol. The molecule has 1 aliphatic heterocycles. The van der Waals surface area contributed by atoms with Crippen LogP contribution in [0.15, 0.2) is 42.5 Å². The third-order valence-electron chi connectivity index (χ3n) is 3.01. The van der Waals surface area contributed by atoms with Crippen molar-refractivity contribution < 1.29 is 9.59 Å². The van der Waals surface area contributed by atoms with E-state index in [1.54, 1.807) is 0 Å². The SMILES string of the molecule is CCC(C)c1ccccc1.CN1C(=O)C=CC1=O. The van der Waals surface area contributed by atoms with E-state index in [4.69, 9.17) is 0 Å². The first kappa shape index (κ1) is 14.2. The van der Waals surface area contributed by atoms with Crippen LogP contribution in [0.5, 0.6) is 0 Å². The molecule has 1 heterocycles. The van der Waals surface area contributed by atoms with Gasteiger partial charge in [-0.3, -0.25) is 14.5 Å². The molecule has 1 atom stereocenters. The van der Waals surface area contributed by atoms with Gasteiger partial charge in [0.15, 0.2) is 0 Å². The lowest BCUT2D eigenvalue weighted by molar-refractivity contribution is -0.135. The average Bonchev–Trinajstić information content (AvgIpc) is 2.71. The quantitative estimate of drug-likeness (QED) is 0.751. The van der Waals surface area contributed by atoms with E-state index in [0.717, 1.165) is 4.90 Å². The predicted molar refractivity (Wildman–Crippen MR) is 72.1 cm³/mol. The number of hydrogen-bond donors (Lipinski definition) is 0. The highest BCUT2D eigenvalue weighted by atomic mass is 16.2. The second-order valence-corrected chi connectivity index (χ2v) is 4.29. The maximum absolute atomic E-state index is 10.4. The van der Waals surface area contributed by atoms with Crippen LogP contribution in [0.3, 0.4) is 0 Å². The molecule has 0 saturated heterocycles. The molecular formula is C15H19NO2. The van der Waals surface area contributed by atoms with Crippen molar-refractivity contribution in [1.29, 1.82) is 0 Å². The minimum Gasteiger partial charge on any atom is -0.279 e. The number of imide groups is 1. The molecule has 18 heavy (non-hydrogen) atoms. The molecule has 0 radical (unpaired) electrons. The molecule has 1 aromatic carbocycles. The molecule has 0 bridgehead atoms. The van der Waals surface area contributed by atoms with E-state index in [1.807, 2.05) is 0 Å². The van der Waals surface area contributed by atoms with Crippen molar-refractivity contribution in [3.05, 3.63) is 48.0 Å². The van der Waals surface area contributed by atoms with Crippen LogP contribution in [0.4, 0.5) is 0 Å². The lowest BCUT2D eigenvalue weighted by Gasteiger charge is -2.06. The zero-order valence-corrected chi connectivity index (χ0v) is 11.1. The molecule has 1 unspecified atom stereocenters. The third-order valence-corrected chi connectivity index (χ3v) is 3.01. The maximum atomic E-state index is 10.4. The summed E-state index contributed by atoms with van der Waals surface area (Å²) in [5, 5.41) is 0. The Morgan fingerprint density at radius 1 is 1.06 bits per heavy atom. The molecule has 2 amide bonds. The van der Waals surface area contributed by atoms with Crippen molar-refractivity contribution in [1.82, 2.24) is 4.90 Å². The van der Waals surface area contributed by atoms with Gasteiger partial charge >= 0.3 is 0 Å². The monoisotopic (exact) mass is 245 g/mol. The second kappa shape index (κ2) is 6.74. The molecule has 0 aromatic heterocycles. The molecule has 2 rings (SSSR count). The van der Waals surface area contributed by atoms with Gasteiger partial charge in [-0.1, -0.05) is 44.2 Å². The Balaban J connectivity index is 0.000000184. The standard InChI is InChI=1S/C10H14.C5H5NO2/c1-3-9(2)10-7-5-4-6-8-10;1-6-4(7)2-3-5(6)8/h4-9H,3H2,1-2H3;2-3H,1H3. The summed E-state index contributed by atoms with van der Waals surface area (Å²) in [4.78, 5) is 21.9. The largest absolute Gasteiger partial charge is 0.279 e. The van der Waals surface area contributed by atoms with Gasteiger partial charge in [0, 0.05) is 19.2 Å². The summed E-state index contributed by atoms with van der Waals surface area (Å²) in [5.74, 6) is 0.228. The fraction of sp³-hybridized carbons (Fsp3) is 0.333. The van der Waals surface area contributed by atoms with Crippen LogP contribution in [0, 0.1) is 0 Å². The Morgan fingerprint density at radius 3 is 1.89 bits per heavy atom. The smallest absolute Gasteiger partial charge is 0.253 e. The van der Waals surface area contributed by atoms with Crippen molar-refractivity contribution in [2.45, 2.75) is 26.2 Å². The van der Waals surface area contributed by atoms with Gasteiger partial charge < -0.3 is 0 Å². The third kappa shape index (κ3) is 3.84. The van der Waals surface area contributed by atoms with Crippen molar-refractivity contribution in [2.75, 3.05) is 7.05 Å². The van der Waals surface area contributed by atoms with E-state index in [1.165, 1.54) is 31.2 Å². The number of likely N-dealkylation sites (N-methyl/N-ethyl adjacent to an activating group) is 1. The van der Waals surface area contributed by atoms with E-state index in [9.17, 15) is 9.59 Å². The van der Waals surface area contributed by atoms with Gasteiger partial charge in [0.05, 0.1) is 0 Å². The fourth-order valence-electron chi connectivity index (χ4n) is 1.49. The lowest BCUT2D eigenvalue weighted by atomic mass is 9.99. The van der Waals surface area contributed by atoms with Gasteiger partial charge in [-0.15, -0.1) is 0 Å². The van der Waals surface area contributed by atoms with Gasteiger partial charge in [-0.05, 0) is 17.9 Å². The number of benzene rings is 1. The highest BCUT2D eigenvalue weighted by molar-refractivity contribution is 6.12. The molecule has 1 aromatic rings. The van der Waals surface area contributed by atoms with Gasteiger partial charge in [-0.2, -0.15) is 0 Å². The number of carbonyl (C=O) groups excluding carboxylic acids is 2. The van der Waals surface area contributed by atoms with Crippen molar-refractivity contribution >= 4 is 11.8 Å². The zero-order chi connectivity index (χ0) is 13.5. The van der Waals surface area contributed by atoms with E-state index in [-0.39, 0.29) is 11.8 Å². The second-order valence-electron chi connectivity index (χ2n) is 4.29. The summed E-state index contributed by atoms with van der Waals surface area (Å²) in [6.07, 6.45) is 3.73. The van der Waals surface area contributed by atoms with Gasteiger partial charge in [0.25, 0.3) is 11.8 Å². The first-order valence-corrected chi connectivity index (χ1v) is 6.11. The summed E-state index contributed by atoms with van der Waals surface area (Å²) >= 11 is 0. The lowest BCUT2D eigenvalue weighted by Crippen LogP contribution is -2.24. The molecule has 0 spiro atoms. The molecule has 0 fully saturated rings. The van der Waals surface area contributed by atoms with E-state index in [2.05, 4.69) is 44.2 Å². The summed E-state index contributed by atoms with van der Waals surface area (Å²) in [6, 6.07) is 10.6. The Hall–Kier alpha value is -1.90. The molecule has 3 heteroatoms. The fourth-order valence-corrected chi connectivity index (χ4v) is 1.49. The highest BCUT2D eigenvalue weighted by Gasteiger charge is 2.17.